The van der Waals surface area contributed by atoms with E-state index in [1.807, 2.05) is 0 Å². The highest BCUT2D eigenvalue weighted by Gasteiger charge is 1.88. The van der Waals surface area contributed by atoms with E-state index in [1.54, 1.807) is 11.8 Å². The smallest absolute Gasteiger partial charge is 0.0545 e. The maximum absolute atomic E-state index is 5.11. The summed E-state index contributed by atoms with van der Waals surface area (Å²) in [5, 5.41) is 3.33. The molecule has 0 unspecified atom stereocenters. The van der Waals surface area contributed by atoms with Crippen molar-refractivity contribution in [2.24, 2.45) is 0 Å². The van der Waals surface area contributed by atoms with Gasteiger partial charge >= 0.3 is 0 Å². The van der Waals surface area contributed by atoms with Gasteiger partial charge in [0, 0.05) is 12.3 Å². The summed E-state index contributed by atoms with van der Waals surface area (Å²) < 4.78 is 0. The van der Waals surface area contributed by atoms with Gasteiger partial charge in [-0.15, -0.1) is 24.8 Å². The number of hydrogen-bond donors (Lipinski definition) is 1. The van der Waals surface area contributed by atoms with Crippen LogP contribution in [0.2, 0.25) is 0 Å². The zero-order chi connectivity index (χ0) is 9.23. The Morgan fingerprint density at radius 1 is 1.58 bits per heavy atom. The minimum absolute atomic E-state index is 0.822. The predicted molar refractivity (Wildman–Crippen MR) is 58.5 cm³/mol. The van der Waals surface area contributed by atoms with Crippen molar-refractivity contribution >= 4 is 11.8 Å². The van der Waals surface area contributed by atoms with E-state index in [-0.39, 0.29) is 0 Å². The molecule has 2 heteroatoms. The van der Waals surface area contributed by atoms with E-state index < -0.39 is 0 Å². The van der Waals surface area contributed by atoms with Crippen LogP contribution in [0.4, 0.5) is 0 Å². The van der Waals surface area contributed by atoms with Crippen LogP contribution in [0.25, 0.3) is 0 Å². The summed E-state index contributed by atoms with van der Waals surface area (Å²) in [5.74, 6) is 4.52. The van der Waals surface area contributed by atoms with Crippen molar-refractivity contribution in [1.29, 1.82) is 0 Å². The van der Waals surface area contributed by atoms with Gasteiger partial charge < -0.3 is 5.32 Å². The molecule has 0 aliphatic heterocycles. The Hall–Kier alpha value is -0.390. The van der Waals surface area contributed by atoms with Crippen LogP contribution in [-0.4, -0.2) is 24.6 Å². The fourth-order valence-corrected chi connectivity index (χ4v) is 1.25. The highest BCUT2D eigenvalue weighted by molar-refractivity contribution is 7.99. The molecule has 0 aromatic carbocycles. The number of terminal acetylenes is 1. The third-order valence-electron chi connectivity index (χ3n) is 1.34. The minimum Gasteiger partial charge on any atom is -0.316 e. The summed E-state index contributed by atoms with van der Waals surface area (Å²) in [6.45, 7) is 7.96. The number of hydrogen-bond acceptors (Lipinski definition) is 2. The molecule has 0 spiro atoms. The van der Waals surface area contributed by atoms with Gasteiger partial charge in [0.25, 0.3) is 0 Å². The van der Waals surface area contributed by atoms with Gasteiger partial charge in [0.15, 0.2) is 0 Å². The molecule has 1 N–H and O–H groups in total. The summed E-state index contributed by atoms with van der Waals surface area (Å²) >= 11 is 1.79. The average molecular weight is 183 g/mol. The van der Waals surface area contributed by atoms with Crippen LogP contribution in [0, 0.1) is 12.3 Å². The van der Waals surface area contributed by atoms with E-state index in [9.17, 15) is 0 Å². The SMILES string of the molecule is C#CCSCCNCCC(=C)C. The molecule has 68 valence electrons. The van der Waals surface area contributed by atoms with E-state index in [0.29, 0.717) is 0 Å². The zero-order valence-corrected chi connectivity index (χ0v) is 8.54. The molecule has 0 saturated carbocycles. The first-order valence-corrected chi connectivity index (χ1v) is 5.29. The number of nitrogens with one attached hydrogen (secondary N) is 1. The van der Waals surface area contributed by atoms with E-state index in [1.165, 1.54) is 5.57 Å². The quantitative estimate of drug-likeness (QED) is 0.367. The van der Waals surface area contributed by atoms with Gasteiger partial charge in [0.1, 0.15) is 0 Å². The Morgan fingerprint density at radius 2 is 2.33 bits per heavy atom. The number of rotatable bonds is 7. The molecule has 0 bridgehead atoms. The molecule has 0 aromatic rings. The molecule has 0 atom stereocenters. The van der Waals surface area contributed by atoms with Crippen molar-refractivity contribution in [2.45, 2.75) is 13.3 Å². The van der Waals surface area contributed by atoms with E-state index in [4.69, 9.17) is 6.42 Å². The van der Waals surface area contributed by atoms with Crippen LogP contribution in [0.1, 0.15) is 13.3 Å². The normalized spacial score (nSPS) is 9.33. The lowest BCUT2D eigenvalue weighted by Crippen LogP contribution is -2.18. The average Bonchev–Trinajstić information content (AvgIpc) is 2.02. The minimum atomic E-state index is 0.822. The van der Waals surface area contributed by atoms with Gasteiger partial charge in [-0.1, -0.05) is 11.5 Å². The molecule has 0 aliphatic rings. The summed E-state index contributed by atoms with van der Waals surface area (Å²) in [5.41, 5.74) is 1.23. The zero-order valence-electron chi connectivity index (χ0n) is 7.73. The third-order valence-corrected chi connectivity index (χ3v) is 2.20. The van der Waals surface area contributed by atoms with Crippen LogP contribution < -0.4 is 5.32 Å². The first kappa shape index (κ1) is 11.6. The van der Waals surface area contributed by atoms with E-state index in [2.05, 4.69) is 24.7 Å². The van der Waals surface area contributed by atoms with Gasteiger partial charge in [0.05, 0.1) is 5.75 Å². The van der Waals surface area contributed by atoms with Gasteiger partial charge in [-0.3, -0.25) is 0 Å². The number of thioether (sulfide) groups is 1. The van der Waals surface area contributed by atoms with Gasteiger partial charge in [-0.25, -0.2) is 0 Å². The second-order valence-electron chi connectivity index (χ2n) is 2.71. The highest BCUT2D eigenvalue weighted by atomic mass is 32.2. The van der Waals surface area contributed by atoms with Crippen molar-refractivity contribution < 1.29 is 0 Å². The third kappa shape index (κ3) is 9.61. The lowest BCUT2D eigenvalue weighted by atomic mass is 10.2. The predicted octanol–water partition coefficient (Wildman–Crippen LogP) is 1.91. The molecule has 0 aromatic heterocycles. The summed E-state index contributed by atoms with van der Waals surface area (Å²) in [4.78, 5) is 0. The Kier molecular flexibility index (Phi) is 8.42. The maximum Gasteiger partial charge on any atom is 0.0545 e. The Labute approximate surface area is 80.0 Å². The molecule has 0 radical (unpaired) electrons. The van der Waals surface area contributed by atoms with Crippen molar-refractivity contribution in [2.75, 3.05) is 24.6 Å². The molecular formula is C10H17NS. The molecule has 0 saturated heterocycles. The molecule has 0 fully saturated rings. The van der Waals surface area contributed by atoms with Crippen LogP contribution in [0.5, 0.6) is 0 Å². The van der Waals surface area contributed by atoms with Gasteiger partial charge in [0.2, 0.25) is 0 Å². The molecule has 0 aliphatic carbocycles. The molecule has 1 nitrogen and oxygen atoms in total. The second-order valence-corrected chi connectivity index (χ2v) is 3.82. The first-order valence-electron chi connectivity index (χ1n) is 4.13. The fraction of sp³-hybridized carbons (Fsp3) is 0.600. The summed E-state index contributed by atoms with van der Waals surface area (Å²) in [7, 11) is 0. The fourth-order valence-electron chi connectivity index (χ4n) is 0.702. The lowest BCUT2D eigenvalue weighted by molar-refractivity contribution is 0.718. The Bertz CT molecular complexity index is 158. The lowest BCUT2D eigenvalue weighted by Gasteiger charge is -2.02. The monoisotopic (exact) mass is 183 g/mol. The van der Waals surface area contributed by atoms with E-state index >= 15 is 0 Å². The molecule has 0 rings (SSSR count). The molecule has 12 heavy (non-hydrogen) atoms. The Morgan fingerprint density at radius 3 is 2.92 bits per heavy atom. The van der Waals surface area contributed by atoms with Crippen molar-refractivity contribution in [3.8, 4) is 12.3 Å². The van der Waals surface area contributed by atoms with E-state index in [0.717, 1.165) is 31.0 Å². The van der Waals surface area contributed by atoms with Crippen molar-refractivity contribution in [1.82, 2.24) is 5.32 Å². The summed E-state index contributed by atoms with van der Waals surface area (Å²) in [6.07, 6.45) is 6.18. The van der Waals surface area contributed by atoms with Crippen LogP contribution in [0.3, 0.4) is 0 Å². The molecular weight excluding hydrogens is 166 g/mol. The second kappa shape index (κ2) is 8.70. The van der Waals surface area contributed by atoms with Crippen LogP contribution >= 0.6 is 11.8 Å². The van der Waals surface area contributed by atoms with Crippen molar-refractivity contribution in [3.05, 3.63) is 12.2 Å². The van der Waals surface area contributed by atoms with Gasteiger partial charge in [-0.05, 0) is 19.9 Å². The van der Waals surface area contributed by atoms with Crippen LogP contribution in [0.15, 0.2) is 12.2 Å². The van der Waals surface area contributed by atoms with Gasteiger partial charge in [-0.2, -0.15) is 0 Å². The topological polar surface area (TPSA) is 12.0 Å². The molecule has 0 heterocycles. The molecule has 0 amide bonds. The van der Waals surface area contributed by atoms with Crippen molar-refractivity contribution in [3.63, 3.8) is 0 Å². The standard InChI is InChI=1S/C10H17NS/c1-4-8-12-9-7-11-6-5-10(2)3/h1,11H,2,5-9H2,3H3. The first-order chi connectivity index (χ1) is 5.77. The summed E-state index contributed by atoms with van der Waals surface area (Å²) in [6, 6.07) is 0. The van der Waals surface area contributed by atoms with Crippen LogP contribution in [-0.2, 0) is 0 Å². The maximum atomic E-state index is 5.11. The largest absolute Gasteiger partial charge is 0.316 e. The highest BCUT2D eigenvalue weighted by Crippen LogP contribution is 1.96. The Balaban J connectivity index is 2.92.